The Morgan fingerprint density at radius 2 is 1.55 bits per heavy atom. The molecular formula is C21H25N3O5. The van der Waals surface area contributed by atoms with Crippen LogP contribution in [0, 0.1) is 0 Å². The summed E-state index contributed by atoms with van der Waals surface area (Å²) in [4.78, 5) is 35.1. The standard InChI is InChI=1S/C21H25N3O5/c1-2-28-19(25)12-13-29-21(27)24-17-10-8-16(9-11-17)23-20(26)18(22)14-15-6-4-3-5-7-15/h3-11,18H,2,12-14,22H2,1H3,(H,23,26)(H,24,27)/t18-/m0/s1. The molecule has 0 spiro atoms. The monoisotopic (exact) mass is 399 g/mol. The summed E-state index contributed by atoms with van der Waals surface area (Å²) >= 11 is 0. The quantitative estimate of drug-likeness (QED) is 0.558. The summed E-state index contributed by atoms with van der Waals surface area (Å²) in [7, 11) is 0. The minimum absolute atomic E-state index is 0.00450. The molecule has 2 aromatic rings. The van der Waals surface area contributed by atoms with E-state index in [1.54, 1.807) is 31.2 Å². The van der Waals surface area contributed by atoms with Crippen LogP contribution >= 0.6 is 0 Å². The Labute approximate surface area is 169 Å². The highest BCUT2D eigenvalue weighted by Gasteiger charge is 2.14. The van der Waals surface area contributed by atoms with Crippen LogP contribution in [0.25, 0.3) is 0 Å². The molecule has 8 heteroatoms. The first-order valence-electron chi connectivity index (χ1n) is 9.27. The fourth-order valence-electron chi connectivity index (χ4n) is 2.45. The summed E-state index contributed by atoms with van der Waals surface area (Å²) in [5, 5.41) is 5.27. The summed E-state index contributed by atoms with van der Waals surface area (Å²) in [6, 6.07) is 15.4. The number of rotatable bonds is 9. The third-order valence-electron chi connectivity index (χ3n) is 3.88. The van der Waals surface area contributed by atoms with Crippen LogP contribution in [0.4, 0.5) is 16.2 Å². The molecule has 0 heterocycles. The van der Waals surface area contributed by atoms with E-state index in [1.165, 1.54) is 0 Å². The molecule has 4 N–H and O–H groups in total. The van der Waals surface area contributed by atoms with Crippen LogP contribution in [0.15, 0.2) is 54.6 Å². The summed E-state index contributed by atoms with van der Waals surface area (Å²) < 4.78 is 9.65. The minimum Gasteiger partial charge on any atom is -0.466 e. The third-order valence-corrected chi connectivity index (χ3v) is 3.88. The number of esters is 1. The number of amides is 2. The van der Waals surface area contributed by atoms with Gasteiger partial charge in [0, 0.05) is 11.4 Å². The zero-order valence-electron chi connectivity index (χ0n) is 16.2. The molecule has 1 atom stereocenters. The van der Waals surface area contributed by atoms with Gasteiger partial charge in [0.05, 0.1) is 19.1 Å². The van der Waals surface area contributed by atoms with E-state index in [0.717, 1.165) is 5.56 Å². The molecule has 29 heavy (non-hydrogen) atoms. The summed E-state index contributed by atoms with van der Waals surface area (Å²) in [5.41, 5.74) is 7.98. The molecule has 0 bridgehead atoms. The SMILES string of the molecule is CCOC(=O)CCOC(=O)Nc1ccc(NC(=O)[C@@H](N)Cc2ccccc2)cc1. The largest absolute Gasteiger partial charge is 0.466 e. The normalized spacial score (nSPS) is 11.2. The Kier molecular flexibility index (Phi) is 8.65. The van der Waals surface area contributed by atoms with E-state index in [2.05, 4.69) is 10.6 Å². The summed E-state index contributed by atoms with van der Waals surface area (Å²) in [6.45, 7) is 1.91. The van der Waals surface area contributed by atoms with Crippen LogP contribution in [0.3, 0.4) is 0 Å². The molecule has 0 aliphatic carbocycles. The smallest absolute Gasteiger partial charge is 0.411 e. The van der Waals surface area contributed by atoms with Crippen molar-refractivity contribution in [1.29, 1.82) is 0 Å². The van der Waals surface area contributed by atoms with Gasteiger partial charge in [0.2, 0.25) is 5.91 Å². The number of hydrogen-bond acceptors (Lipinski definition) is 6. The van der Waals surface area contributed by atoms with Gasteiger partial charge in [0.25, 0.3) is 0 Å². The number of nitrogens with one attached hydrogen (secondary N) is 2. The maximum Gasteiger partial charge on any atom is 0.411 e. The molecule has 0 aliphatic rings. The summed E-state index contributed by atoms with van der Waals surface area (Å²) in [6.07, 6.45) is -0.254. The molecule has 2 rings (SSSR count). The first kappa shape index (κ1) is 21.9. The summed E-state index contributed by atoms with van der Waals surface area (Å²) in [5.74, 6) is -0.723. The zero-order valence-corrected chi connectivity index (χ0v) is 16.2. The van der Waals surface area contributed by atoms with Crippen molar-refractivity contribution < 1.29 is 23.9 Å². The Morgan fingerprint density at radius 3 is 2.17 bits per heavy atom. The molecule has 0 saturated heterocycles. The van der Waals surface area contributed by atoms with Crippen LogP contribution in [0.2, 0.25) is 0 Å². The lowest BCUT2D eigenvalue weighted by molar-refractivity contribution is -0.143. The van der Waals surface area contributed by atoms with Gasteiger partial charge in [-0.3, -0.25) is 14.9 Å². The molecule has 0 saturated carbocycles. The lowest BCUT2D eigenvalue weighted by atomic mass is 10.1. The topological polar surface area (TPSA) is 120 Å². The van der Waals surface area contributed by atoms with E-state index in [9.17, 15) is 14.4 Å². The van der Waals surface area contributed by atoms with Crippen molar-refractivity contribution in [1.82, 2.24) is 0 Å². The number of carbonyl (C=O) groups excluding carboxylic acids is 3. The average Bonchev–Trinajstić information content (AvgIpc) is 2.70. The van der Waals surface area contributed by atoms with Crippen molar-refractivity contribution >= 4 is 29.3 Å². The van der Waals surface area contributed by atoms with Crippen molar-refractivity contribution in [3.8, 4) is 0 Å². The molecule has 8 nitrogen and oxygen atoms in total. The van der Waals surface area contributed by atoms with Gasteiger partial charge in [-0.05, 0) is 43.2 Å². The van der Waals surface area contributed by atoms with Crippen LogP contribution in [-0.4, -0.2) is 37.2 Å². The second-order valence-electron chi connectivity index (χ2n) is 6.18. The number of benzene rings is 2. The highest BCUT2D eigenvalue weighted by molar-refractivity contribution is 5.95. The van der Waals surface area contributed by atoms with Gasteiger partial charge in [0.1, 0.15) is 6.61 Å². The highest BCUT2D eigenvalue weighted by Crippen LogP contribution is 2.14. The number of ether oxygens (including phenoxy) is 2. The minimum atomic E-state index is -0.684. The Hall–Kier alpha value is -3.39. The van der Waals surface area contributed by atoms with E-state index in [-0.39, 0.29) is 25.5 Å². The van der Waals surface area contributed by atoms with Crippen LogP contribution in [-0.2, 0) is 25.5 Å². The number of hydrogen-bond donors (Lipinski definition) is 3. The average molecular weight is 399 g/mol. The van der Waals surface area contributed by atoms with Crippen molar-refractivity contribution in [3.63, 3.8) is 0 Å². The van der Waals surface area contributed by atoms with Gasteiger partial charge < -0.3 is 20.5 Å². The van der Waals surface area contributed by atoms with E-state index >= 15 is 0 Å². The predicted octanol–water partition coefficient (Wildman–Crippen LogP) is 2.70. The van der Waals surface area contributed by atoms with Gasteiger partial charge in [-0.25, -0.2) is 4.79 Å². The Balaban J connectivity index is 1.76. The zero-order chi connectivity index (χ0) is 21.1. The molecule has 0 aromatic heterocycles. The number of nitrogens with two attached hydrogens (primary N) is 1. The lowest BCUT2D eigenvalue weighted by Crippen LogP contribution is -2.37. The molecule has 154 valence electrons. The molecule has 2 amide bonds. The molecule has 0 unspecified atom stereocenters. The van der Waals surface area contributed by atoms with Gasteiger partial charge >= 0.3 is 12.1 Å². The number of anilines is 2. The fourth-order valence-corrected chi connectivity index (χ4v) is 2.45. The highest BCUT2D eigenvalue weighted by atomic mass is 16.6. The van der Waals surface area contributed by atoms with Crippen molar-refractivity contribution in [2.45, 2.75) is 25.8 Å². The van der Waals surface area contributed by atoms with Gasteiger partial charge in [-0.15, -0.1) is 0 Å². The Bertz CT molecular complexity index is 809. The predicted molar refractivity (Wildman–Crippen MR) is 109 cm³/mol. The van der Waals surface area contributed by atoms with E-state index < -0.39 is 18.1 Å². The molecule has 0 aliphatic heterocycles. The third kappa shape index (κ3) is 8.02. The fraction of sp³-hybridized carbons (Fsp3) is 0.286. The van der Waals surface area contributed by atoms with Crippen molar-refractivity contribution in [2.24, 2.45) is 5.73 Å². The van der Waals surface area contributed by atoms with Crippen molar-refractivity contribution in [2.75, 3.05) is 23.8 Å². The van der Waals surface area contributed by atoms with Crippen LogP contribution in [0.1, 0.15) is 18.9 Å². The van der Waals surface area contributed by atoms with E-state index in [4.69, 9.17) is 15.2 Å². The van der Waals surface area contributed by atoms with Gasteiger partial charge in [-0.1, -0.05) is 30.3 Å². The first-order chi connectivity index (χ1) is 14.0. The first-order valence-corrected chi connectivity index (χ1v) is 9.27. The second-order valence-corrected chi connectivity index (χ2v) is 6.18. The molecular weight excluding hydrogens is 374 g/mol. The van der Waals surface area contributed by atoms with Crippen molar-refractivity contribution in [3.05, 3.63) is 60.2 Å². The van der Waals surface area contributed by atoms with Crippen LogP contribution < -0.4 is 16.4 Å². The lowest BCUT2D eigenvalue weighted by Gasteiger charge is -2.13. The Morgan fingerprint density at radius 1 is 0.931 bits per heavy atom. The maximum atomic E-state index is 12.2. The molecule has 0 fully saturated rings. The number of carbonyl (C=O) groups is 3. The van der Waals surface area contributed by atoms with E-state index in [1.807, 2.05) is 30.3 Å². The maximum absolute atomic E-state index is 12.2. The van der Waals surface area contributed by atoms with Crippen LogP contribution in [0.5, 0.6) is 0 Å². The van der Waals surface area contributed by atoms with Gasteiger partial charge in [0.15, 0.2) is 0 Å². The van der Waals surface area contributed by atoms with E-state index in [0.29, 0.717) is 17.8 Å². The molecule has 0 radical (unpaired) electrons. The van der Waals surface area contributed by atoms with Gasteiger partial charge in [-0.2, -0.15) is 0 Å². The molecule has 2 aromatic carbocycles. The second kappa shape index (κ2) is 11.5.